The number of piperidine rings is 1. The molecule has 3 heterocycles. The van der Waals surface area contributed by atoms with Crippen LogP contribution in [0.2, 0.25) is 0 Å². The van der Waals surface area contributed by atoms with Crippen molar-refractivity contribution in [1.82, 2.24) is 30.2 Å². The van der Waals surface area contributed by atoms with Crippen LogP contribution in [-0.2, 0) is 9.59 Å². The minimum Gasteiger partial charge on any atom is -0.357 e. The molecule has 4 amide bonds. The third-order valence-corrected chi connectivity index (χ3v) is 5.60. The van der Waals surface area contributed by atoms with Gasteiger partial charge >= 0.3 is 6.03 Å². The van der Waals surface area contributed by atoms with E-state index in [-0.39, 0.29) is 54.9 Å². The van der Waals surface area contributed by atoms with E-state index in [1.165, 1.54) is 11.3 Å². The number of rotatable bonds is 6. The molecule has 11 heteroatoms. The summed E-state index contributed by atoms with van der Waals surface area (Å²) in [5.74, 6) is 0.830. The third-order valence-electron chi connectivity index (χ3n) is 5.60. The van der Waals surface area contributed by atoms with Gasteiger partial charge in [0.2, 0.25) is 11.8 Å². The monoisotopic (exact) mass is 535 g/mol. The van der Waals surface area contributed by atoms with E-state index < -0.39 is 0 Å². The summed E-state index contributed by atoms with van der Waals surface area (Å²) >= 11 is 0. The van der Waals surface area contributed by atoms with Crippen molar-refractivity contribution in [2.45, 2.75) is 26.2 Å². The Balaban J connectivity index is 0.00000320. The molecule has 0 aromatic carbocycles. The molecule has 3 saturated heterocycles. The second kappa shape index (κ2) is 12.3. The van der Waals surface area contributed by atoms with E-state index in [1.807, 2.05) is 11.8 Å². The summed E-state index contributed by atoms with van der Waals surface area (Å²) in [5, 5.41) is 5.80. The zero-order valence-corrected chi connectivity index (χ0v) is 20.1. The van der Waals surface area contributed by atoms with Crippen molar-refractivity contribution < 1.29 is 14.4 Å². The molecule has 0 spiro atoms. The number of urea groups is 1. The van der Waals surface area contributed by atoms with Crippen molar-refractivity contribution in [2.24, 2.45) is 4.99 Å². The van der Waals surface area contributed by atoms with Crippen molar-refractivity contribution in [3.8, 4) is 0 Å². The number of halogens is 1. The molecule has 0 aromatic rings. The lowest BCUT2D eigenvalue weighted by Gasteiger charge is -2.37. The standard InChI is InChI=1S/C19H33N7O3.HI/c1-2-20-18(21-6-9-26-16(27)14-22-19(26)29)25-12-10-23(11-13-25)15-17(28)24-7-4-3-5-8-24;/h2-15H2,1H3,(H,20,21)(H,22,29);1H. The Morgan fingerprint density at radius 1 is 1.03 bits per heavy atom. The molecule has 0 radical (unpaired) electrons. The van der Waals surface area contributed by atoms with E-state index in [9.17, 15) is 14.4 Å². The SMILES string of the molecule is CCNC(=NCCN1C(=O)CNC1=O)N1CCN(CC(=O)N2CCCCC2)CC1.I. The summed E-state index contributed by atoms with van der Waals surface area (Å²) in [7, 11) is 0. The predicted molar refractivity (Wildman–Crippen MR) is 125 cm³/mol. The summed E-state index contributed by atoms with van der Waals surface area (Å²) in [6, 6.07) is -0.345. The van der Waals surface area contributed by atoms with Gasteiger partial charge in [0.25, 0.3) is 0 Å². The van der Waals surface area contributed by atoms with Crippen LogP contribution in [0.15, 0.2) is 4.99 Å². The first-order valence-electron chi connectivity index (χ1n) is 10.7. The van der Waals surface area contributed by atoms with Gasteiger partial charge in [-0.3, -0.25) is 24.4 Å². The Morgan fingerprint density at radius 2 is 1.73 bits per heavy atom. The van der Waals surface area contributed by atoms with Crippen LogP contribution in [0.25, 0.3) is 0 Å². The fraction of sp³-hybridized carbons (Fsp3) is 0.789. The minimum atomic E-state index is -0.345. The van der Waals surface area contributed by atoms with Gasteiger partial charge in [-0.05, 0) is 26.2 Å². The number of likely N-dealkylation sites (tertiary alicyclic amines) is 1. The lowest BCUT2D eigenvalue weighted by Crippen LogP contribution is -2.54. The number of aliphatic imine (C=N–C) groups is 1. The van der Waals surface area contributed by atoms with Gasteiger partial charge < -0.3 is 20.4 Å². The smallest absolute Gasteiger partial charge is 0.324 e. The van der Waals surface area contributed by atoms with E-state index in [0.29, 0.717) is 13.1 Å². The van der Waals surface area contributed by atoms with Crippen LogP contribution in [0.4, 0.5) is 4.79 Å². The van der Waals surface area contributed by atoms with Crippen molar-refractivity contribution in [3.05, 3.63) is 0 Å². The van der Waals surface area contributed by atoms with Crippen LogP contribution in [-0.4, -0.2) is 115 Å². The van der Waals surface area contributed by atoms with Crippen LogP contribution in [0.3, 0.4) is 0 Å². The highest BCUT2D eigenvalue weighted by Gasteiger charge is 2.28. The molecule has 3 rings (SSSR count). The summed E-state index contributed by atoms with van der Waals surface area (Å²) in [6.45, 7) is 8.99. The zero-order chi connectivity index (χ0) is 20.6. The van der Waals surface area contributed by atoms with Crippen molar-refractivity contribution >= 4 is 47.8 Å². The Labute approximate surface area is 195 Å². The highest BCUT2D eigenvalue weighted by Crippen LogP contribution is 2.10. The second-order valence-corrected chi connectivity index (χ2v) is 7.64. The quantitative estimate of drug-likeness (QED) is 0.211. The van der Waals surface area contributed by atoms with Gasteiger partial charge in [0.1, 0.15) is 0 Å². The molecule has 30 heavy (non-hydrogen) atoms. The molecule has 170 valence electrons. The van der Waals surface area contributed by atoms with Crippen LogP contribution in [0.5, 0.6) is 0 Å². The lowest BCUT2D eigenvalue weighted by molar-refractivity contribution is -0.133. The first kappa shape index (κ1) is 24.6. The summed E-state index contributed by atoms with van der Waals surface area (Å²) in [6.07, 6.45) is 3.46. The Kier molecular flexibility index (Phi) is 10.1. The van der Waals surface area contributed by atoms with Crippen molar-refractivity contribution in [3.63, 3.8) is 0 Å². The molecule has 0 atom stereocenters. The van der Waals surface area contributed by atoms with Crippen LogP contribution in [0, 0.1) is 0 Å². The number of guanidine groups is 1. The van der Waals surface area contributed by atoms with Gasteiger partial charge in [0, 0.05) is 45.8 Å². The number of amides is 4. The van der Waals surface area contributed by atoms with E-state index in [1.54, 1.807) is 0 Å². The fourth-order valence-corrected chi connectivity index (χ4v) is 3.92. The van der Waals surface area contributed by atoms with E-state index in [2.05, 4.69) is 25.4 Å². The van der Waals surface area contributed by atoms with Crippen LogP contribution < -0.4 is 10.6 Å². The van der Waals surface area contributed by atoms with Gasteiger partial charge in [-0.25, -0.2) is 4.79 Å². The molecule has 0 aliphatic carbocycles. The number of carbonyl (C=O) groups excluding carboxylic acids is 3. The van der Waals surface area contributed by atoms with Gasteiger partial charge in [-0.1, -0.05) is 0 Å². The molecule has 0 unspecified atom stereocenters. The maximum Gasteiger partial charge on any atom is 0.324 e. The zero-order valence-electron chi connectivity index (χ0n) is 17.8. The molecule has 10 nitrogen and oxygen atoms in total. The fourth-order valence-electron chi connectivity index (χ4n) is 3.92. The van der Waals surface area contributed by atoms with E-state index in [0.717, 1.165) is 64.6 Å². The number of piperazine rings is 1. The average molecular weight is 535 g/mol. The summed E-state index contributed by atoms with van der Waals surface area (Å²) in [5.41, 5.74) is 0. The first-order valence-corrected chi connectivity index (χ1v) is 10.7. The molecular formula is C19H34IN7O3. The number of carbonyl (C=O) groups is 3. The lowest BCUT2D eigenvalue weighted by atomic mass is 10.1. The first-order chi connectivity index (χ1) is 14.1. The highest BCUT2D eigenvalue weighted by molar-refractivity contribution is 14.0. The second-order valence-electron chi connectivity index (χ2n) is 7.64. The highest BCUT2D eigenvalue weighted by atomic mass is 127. The summed E-state index contributed by atoms with van der Waals surface area (Å²) < 4.78 is 0. The number of hydrogen-bond acceptors (Lipinski definition) is 5. The molecule has 0 bridgehead atoms. The average Bonchev–Trinajstić information content (AvgIpc) is 3.06. The molecule has 3 aliphatic rings. The molecule has 0 aromatic heterocycles. The molecular weight excluding hydrogens is 501 g/mol. The van der Waals surface area contributed by atoms with Crippen LogP contribution in [0.1, 0.15) is 26.2 Å². The van der Waals surface area contributed by atoms with Gasteiger partial charge in [-0.2, -0.15) is 0 Å². The summed E-state index contributed by atoms with van der Waals surface area (Å²) in [4.78, 5) is 47.9. The third kappa shape index (κ3) is 6.69. The number of hydrogen-bond donors (Lipinski definition) is 2. The van der Waals surface area contributed by atoms with Gasteiger partial charge in [0.15, 0.2) is 5.96 Å². The minimum absolute atomic E-state index is 0. The topological polar surface area (TPSA) is 101 Å². The van der Waals surface area contributed by atoms with Crippen molar-refractivity contribution in [1.29, 1.82) is 0 Å². The predicted octanol–water partition coefficient (Wildman–Crippen LogP) is -0.248. The molecule has 3 aliphatic heterocycles. The maximum atomic E-state index is 12.5. The van der Waals surface area contributed by atoms with E-state index in [4.69, 9.17) is 0 Å². The Morgan fingerprint density at radius 3 is 2.33 bits per heavy atom. The molecule has 2 N–H and O–H groups in total. The van der Waals surface area contributed by atoms with Crippen LogP contribution >= 0.6 is 24.0 Å². The number of imide groups is 1. The molecule has 3 fully saturated rings. The molecule has 0 saturated carbocycles. The van der Waals surface area contributed by atoms with Crippen molar-refractivity contribution in [2.75, 3.05) is 72.0 Å². The number of nitrogens with zero attached hydrogens (tertiary/aromatic N) is 5. The largest absolute Gasteiger partial charge is 0.357 e. The van der Waals surface area contributed by atoms with Gasteiger partial charge in [0.05, 0.1) is 26.2 Å². The van der Waals surface area contributed by atoms with E-state index >= 15 is 0 Å². The Hall–Kier alpha value is -1.63. The number of nitrogens with one attached hydrogen (secondary N) is 2. The maximum absolute atomic E-state index is 12.5. The normalized spacial score (nSPS) is 20.8. The van der Waals surface area contributed by atoms with Gasteiger partial charge in [-0.15, -0.1) is 24.0 Å². The Bertz CT molecular complexity index is 616.